The summed E-state index contributed by atoms with van der Waals surface area (Å²) in [6, 6.07) is 0. The molecule has 2 aliphatic rings. The summed E-state index contributed by atoms with van der Waals surface area (Å²) >= 11 is 0. The van der Waals surface area contributed by atoms with Gasteiger partial charge in [0.25, 0.3) is 0 Å². The molecule has 1 saturated carbocycles. The molecular weight excluding hydrogens is 130 g/mol. The molecule has 3 heteroatoms. The lowest BCUT2D eigenvalue weighted by atomic mass is 9.89. The quantitative estimate of drug-likeness (QED) is 0.430. The number of hydrogen-bond donors (Lipinski definition) is 0. The van der Waals surface area contributed by atoms with Crippen LogP contribution in [0.4, 0.5) is 0 Å². The molecule has 0 aromatic carbocycles. The molecule has 10 heavy (non-hydrogen) atoms. The number of epoxide rings is 1. The van der Waals surface area contributed by atoms with Crippen molar-refractivity contribution >= 4 is 0 Å². The monoisotopic (exact) mass is 141 g/mol. The van der Waals surface area contributed by atoms with E-state index >= 15 is 0 Å². The van der Waals surface area contributed by atoms with Crippen LogP contribution >= 0.6 is 0 Å². The molecule has 56 valence electrons. The van der Waals surface area contributed by atoms with Crippen LogP contribution in [-0.2, 0) is 4.74 Å². The van der Waals surface area contributed by atoms with Gasteiger partial charge in [-0.15, -0.1) is 0 Å². The minimum atomic E-state index is 0.487. The van der Waals surface area contributed by atoms with Crippen molar-refractivity contribution in [1.29, 1.82) is 0 Å². The van der Waals surface area contributed by atoms with Gasteiger partial charge in [-0.3, -0.25) is 0 Å². The summed E-state index contributed by atoms with van der Waals surface area (Å²) in [6.07, 6.45) is 4.37. The van der Waals surface area contributed by atoms with Crippen molar-refractivity contribution in [3.8, 4) is 0 Å². The SMILES string of the molecule is O=NCC1CCC2OC2C1. The second kappa shape index (κ2) is 2.31. The minimum absolute atomic E-state index is 0.487. The molecule has 0 bridgehead atoms. The van der Waals surface area contributed by atoms with E-state index in [2.05, 4.69) is 5.18 Å². The van der Waals surface area contributed by atoms with Gasteiger partial charge in [0.05, 0.1) is 18.8 Å². The smallest absolute Gasteiger partial charge is 0.0845 e. The number of nitrogens with zero attached hydrogens (tertiary/aromatic N) is 1. The molecule has 0 aromatic heterocycles. The predicted octanol–water partition coefficient (Wildman–Crippen LogP) is 1.32. The first kappa shape index (κ1) is 6.28. The number of hydrogen-bond acceptors (Lipinski definition) is 3. The van der Waals surface area contributed by atoms with E-state index in [9.17, 15) is 4.91 Å². The largest absolute Gasteiger partial charge is 0.370 e. The molecule has 3 nitrogen and oxygen atoms in total. The Morgan fingerprint density at radius 2 is 2.30 bits per heavy atom. The highest BCUT2D eigenvalue weighted by molar-refractivity contribution is 4.92. The molecule has 2 fully saturated rings. The van der Waals surface area contributed by atoms with Gasteiger partial charge in [-0.2, -0.15) is 4.91 Å². The summed E-state index contributed by atoms with van der Waals surface area (Å²) < 4.78 is 5.31. The fourth-order valence-electron chi connectivity index (χ4n) is 1.76. The van der Waals surface area contributed by atoms with E-state index in [4.69, 9.17) is 4.74 Å². The first-order valence-corrected chi connectivity index (χ1v) is 3.84. The Labute approximate surface area is 59.7 Å². The van der Waals surface area contributed by atoms with Crippen molar-refractivity contribution in [3.05, 3.63) is 4.91 Å². The van der Waals surface area contributed by atoms with Gasteiger partial charge >= 0.3 is 0 Å². The second-order valence-corrected chi connectivity index (χ2v) is 3.20. The first-order chi connectivity index (χ1) is 4.90. The molecular formula is C7H11NO2. The highest BCUT2D eigenvalue weighted by Gasteiger charge is 2.43. The topological polar surface area (TPSA) is 42.0 Å². The standard InChI is InChI=1S/C7H11NO2/c9-8-4-5-1-2-6-7(3-5)10-6/h5-7H,1-4H2. The van der Waals surface area contributed by atoms with Crippen LogP contribution in [0.5, 0.6) is 0 Å². The van der Waals surface area contributed by atoms with Gasteiger partial charge in [0.2, 0.25) is 0 Å². The maximum Gasteiger partial charge on any atom is 0.0845 e. The summed E-state index contributed by atoms with van der Waals surface area (Å²) in [5, 5.41) is 2.91. The van der Waals surface area contributed by atoms with E-state index in [1.165, 1.54) is 0 Å². The van der Waals surface area contributed by atoms with Crippen LogP contribution < -0.4 is 0 Å². The van der Waals surface area contributed by atoms with Crippen molar-refractivity contribution < 1.29 is 4.74 Å². The lowest BCUT2D eigenvalue weighted by Gasteiger charge is -2.14. The normalized spacial score (nSPS) is 44.2. The van der Waals surface area contributed by atoms with Gasteiger partial charge in [-0.25, -0.2) is 0 Å². The van der Waals surface area contributed by atoms with Crippen LogP contribution in [0.2, 0.25) is 0 Å². The van der Waals surface area contributed by atoms with Crippen molar-refractivity contribution in [2.24, 2.45) is 11.1 Å². The molecule has 1 heterocycles. The van der Waals surface area contributed by atoms with Gasteiger partial charge in [-0.1, -0.05) is 5.18 Å². The fourth-order valence-corrected chi connectivity index (χ4v) is 1.76. The van der Waals surface area contributed by atoms with Crippen LogP contribution in [0, 0.1) is 10.8 Å². The maximum atomic E-state index is 9.90. The third-order valence-electron chi connectivity index (χ3n) is 2.45. The van der Waals surface area contributed by atoms with Gasteiger partial charge in [0.15, 0.2) is 0 Å². The summed E-state index contributed by atoms with van der Waals surface area (Å²) in [7, 11) is 0. The van der Waals surface area contributed by atoms with Crippen molar-refractivity contribution in [1.82, 2.24) is 0 Å². The Kier molecular flexibility index (Phi) is 1.45. The van der Waals surface area contributed by atoms with E-state index in [-0.39, 0.29) is 0 Å². The van der Waals surface area contributed by atoms with Gasteiger partial charge in [0.1, 0.15) is 0 Å². The van der Waals surface area contributed by atoms with Crippen LogP contribution in [0.1, 0.15) is 19.3 Å². The summed E-state index contributed by atoms with van der Waals surface area (Å²) in [4.78, 5) is 9.90. The molecule has 0 amide bonds. The summed E-state index contributed by atoms with van der Waals surface area (Å²) in [5.41, 5.74) is 0. The minimum Gasteiger partial charge on any atom is -0.370 e. The average molecular weight is 141 g/mol. The number of rotatable bonds is 2. The molecule has 1 saturated heterocycles. The zero-order valence-electron chi connectivity index (χ0n) is 5.82. The van der Waals surface area contributed by atoms with E-state index in [0.717, 1.165) is 19.3 Å². The van der Waals surface area contributed by atoms with Crippen LogP contribution in [-0.4, -0.2) is 18.8 Å². The lowest BCUT2D eigenvalue weighted by molar-refractivity contribution is 0.363. The van der Waals surface area contributed by atoms with Gasteiger partial charge in [-0.05, 0) is 25.2 Å². The number of nitroso groups, excluding NO2 is 1. The van der Waals surface area contributed by atoms with Crippen LogP contribution in [0.15, 0.2) is 5.18 Å². The molecule has 0 radical (unpaired) electrons. The Morgan fingerprint density at radius 3 is 3.00 bits per heavy atom. The fraction of sp³-hybridized carbons (Fsp3) is 1.00. The van der Waals surface area contributed by atoms with E-state index in [0.29, 0.717) is 24.7 Å². The van der Waals surface area contributed by atoms with Crippen molar-refractivity contribution in [3.63, 3.8) is 0 Å². The Morgan fingerprint density at radius 1 is 1.40 bits per heavy atom. The highest BCUT2D eigenvalue weighted by Crippen LogP contribution is 2.39. The molecule has 0 N–H and O–H groups in total. The predicted molar refractivity (Wildman–Crippen MR) is 36.7 cm³/mol. The molecule has 3 unspecified atom stereocenters. The summed E-state index contributed by atoms with van der Waals surface area (Å²) in [5.74, 6) is 0.515. The molecule has 0 spiro atoms. The first-order valence-electron chi connectivity index (χ1n) is 3.84. The number of fused-ring (bicyclic) bond motifs is 1. The molecule has 3 atom stereocenters. The molecule has 0 aromatic rings. The Hall–Kier alpha value is -0.440. The summed E-state index contributed by atoms with van der Waals surface area (Å²) in [6.45, 7) is 0.493. The average Bonchev–Trinajstić information content (AvgIpc) is 2.66. The van der Waals surface area contributed by atoms with E-state index in [1.807, 2.05) is 0 Å². The molecule has 1 aliphatic heterocycles. The Bertz CT molecular complexity index is 149. The van der Waals surface area contributed by atoms with E-state index in [1.54, 1.807) is 0 Å². The molecule has 2 rings (SSSR count). The van der Waals surface area contributed by atoms with E-state index < -0.39 is 0 Å². The van der Waals surface area contributed by atoms with Crippen LogP contribution in [0.3, 0.4) is 0 Å². The maximum absolute atomic E-state index is 9.90. The Balaban J connectivity index is 1.82. The highest BCUT2D eigenvalue weighted by atomic mass is 16.6. The zero-order chi connectivity index (χ0) is 6.97. The van der Waals surface area contributed by atoms with Crippen LogP contribution in [0.25, 0.3) is 0 Å². The van der Waals surface area contributed by atoms with Crippen molar-refractivity contribution in [2.45, 2.75) is 31.5 Å². The third kappa shape index (κ3) is 1.06. The third-order valence-corrected chi connectivity index (χ3v) is 2.45. The van der Waals surface area contributed by atoms with Gasteiger partial charge in [0, 0.05) is 0 Å². The van der Waals surface area contributed by atoms with Gasteiger partial charge < -0.3 is 4.74 Å². The zero-order valence-corrected chi connectivity index (χ0v) is 5.82. The molecule has 1 aliphatic carbocycles. The lowest BCUT2D eigenvalue weighted by Crippen LogP contribution is -2.15. The second-order valence-electron chi connectivity index (χ2n) is 3.20. The number of ether oxygens (including phenoxy) is 1. The van der Waals surface area contributed by atoms with Crippen molar-refractivity contribution in [2.75, 3.05) is 6.54 Å².